The molecule has 1 aliphatic carbocycles. The minimum Gasteiger partial charge on any atom is -0.342 e. The van der Waals surface area contributed by atoms with E-state index in [1.807, 2.05) is 4.90 Å². The smallest absolute Gasteiger partial charge is 0.222 e. The van der Waals surface area contributed by atoms with E-state index in [9.17, 15) is 4.79 Å². The Hall–Kier alpha value is -1.35. The van der Waals surface area contributed by atoms with Crippen molar-refractivity contribution in [3.63, 3.8) is 0 Å². The summed E-state index contributed by atoms with van der Waals surface area (Å²) in [5.74, 6) is 0.825. The van der Waals surface area contributed by atoms with Crippen molar-refractivity contribution in [2.75, 3.05) is 13.1 Å². The first-order valence-electron chi connectivity index (χ1n) is 8.56. The molecule has 2 unspecified atom stereocenters. The van der Waals surface area contributed by atoms with Crippen LogP contribution in [0.25, 0.3) is 0 Å². The second kappa shape index (κ2) is 6.04. The summed E-state index contributed by atoms with van der Waals surface area (Å²) in [6.45, 7) is 5.98. The number of hydrogen-bond donors (Lipinski definition) is 1. The summed E-state index contributed by atoms with van der Waals surface area (Å²) < 4.78 is 0. The van der Waals surface area contributed by atoms with Crippen LogP contribution in [0.3, 0.4) is 0 Å². The van der Waals surface area contributed by atoms with Gasteiger partial charge in [0, 0.05) is 25.6 Å². The summed E-state index contributed by atoms with van der Waals surface area (Å²) in [5, 5.41) is 0. The summed E-state index contributed by atoms with van der Waals surface area (Å²) in [4.78, 5) is 14.7. The monoisotopic (exact) mass is 300 g/mol. The van der Waals surface area contributed by atoms with Gasteiger partial charge in [0.1, 0.15) is 0 Å². The quantitative estimate of drug-likeness (QED) is 0.913. The van der Waals surface area contributed by atoms with E-state index >= 15 is 0 Å². The van der Waals surface area contributed by atoms with Gasteiger partial charge in [0.05, 0.1) is 0 Å². The number of likely N-dealkylation sites (tertiary alicyclic amines) is 1. The highest BCUT2D eigenvalue weighted by molar-refractivity contribution is 5.76. The second-order valence-electron chi connectivity index (χ2n) is 7.78. The van der Waals surface area contributed by atoms with Crippen LogP contribution in [0.15, 0.2) is 24.3 Å². The largest absolute Gasteiger partial charge is 0.342 e. The molecule has 22 heavy (non-hydrogen) atoms. The molecule has 1 aliphatic heterocycles. The maximum atomic E-state index is 12.7. The molecule has 1 aromatic rings. The lowest BCUT2D eigenvalue weighted by Gasteiger charge is -2.43. The molecule has 1 amide bonds. The maximum Gasteiger partial charge on any atom is 0.222 e. The number of carbonyl (C=O) groups excluding carboxylic acids is 1. The van der Waals surface area contributed by atoms with Crippen LogP contribution in [0, 0.1) is 11.3 Å². The van der Waals surface area contributed by atoms with Crippen molar-refractivity contribution in [2.45, 2.75) is 52.0 Å². The molecule has 1 fully saturated rings. The van der Waals surface area contributed by atoms with E-state index in [4.69, 9.17) is 5.73 Å². The number of amides is 1. The minimum atomic E-state index is 0.0348. The van der Waals surface area contributed by atoms with E-state index in [0.29, 0.717) is 18.2 Å². The fraction of sp³-hybridized carbons (Fsp3) is 0.632. The first kappa shape index (κ1) is 15.5. The third-order valence-corrected chi connectivity index (χ3v) is 5.58. The van der Waals surface area contributed by atoms with Crippen LogP contribution in [-0.2, 0) is 17.6 Å². The molecule has 3 nitrogen and oxygen atoms in total. The van der Waals surface area contributed by atoms with Crippen LogP contribution >= 0.6 is 0 Å². The normalized spacial score (nSPS) is 27.3. The summed E-state index contributed by atoms with van der Waals surface area (Å²) in [6.07, 6.45) is 4.93. The van der Waals surface area contributed by atoms with Gasteiger partial charge in [-0.25, -0.2) is 0 Å². The van der Waals surface area contributed by atoms with Gasteiger partial charge >= 0.3 is 0 Å². The Bertz CT molecular complexity index is 552. The van der Waals surface area contributed by atoms with Gasteiger partial charge in [-0.15, -0.1) is 0 Å². The molecule has 0 radical (unpaired) electrons. The molecule has 3 heteroatoms. The molecule has 1 saturated heterocycles. The minimum absolute atomic E-state index is 0.0348. The summed E-state index contributed by atoms with van der Waals surface area (Å²) in [6, 6.07) is 8.87. The van der Waals surface area contributed by atoms with Gasteiger partial charge in [-0.1, -0.05) is 38.1 Å². The lowest BCUT2D eigenvalue weighted by atomic mass is 9.79. The van der Waals surface area contributed by atoms with Crippen molar-refractivity contribution < 1.29 is 4.79 Å². The molecular formula is C19H28N2O. The number of rotatable bonds is 2. The number of piperidine rings is 1. The SMILES string of the molecule is CC1(C)CN(C(=O)CC2CCc3ccccc3C2)CCC1N. The number of fused-ring (bicyclic) bond motifs is 1. The topological polar surface area (TPSA) is 46.3 Å². The molecule has 1 aromatic carbocycles. The van der Waals surface area contributed by atoms with Crippen molar-refractivity contribution in [2.24, 2.45) is 17.1 Å². The van der Waals surface area contributed by atoms with Crippen LogP contribution in [0.1, 0.15) is 44.2 Å². The Morgan fingerprint density at radius 2 is 2.00 bits per heavy atom. The average Bonchev–Trinajstić information content (AvgIpc) is 2.49. The van der Waals surface area contributed by atoms with Crippen LogP contribution in [0.5, 0.6) is 0 Å². The number of nitrogens with zero attached hydrogens (tertiary/aromatic N) is 1. The fourth-order valence-electron chi connectivity index (χ4n) is 3.91. The molecular weight excluding hydrogens is 272 g/mol. The van der Waals surface area contributed by atoms with Crippen molar-refractivity contribution >= 4 is 5.91 Å². The first-order chi connectivity index (χ1) is 10.5. The standard InChI is InChI=1S/C19H28N2O/c1-19(2)13-21(10-9-17(19)20)18(22)12-14-7-8-15-5-3-4-6-16(15)11-14/h3-6,14,17H,7-13,20H2,1-2H3. The van der Waals surface area contributed by atoms with E-state index < -0.39 is 0 Å². The Morgan fingerprint density at radius 1 is 1.27 bits per heavy atom. The molecule has 2 atom stereocenters. The summed E-state index contributed by atoms with van der Waals surface area (Å²) >= 11 is 0. The van der Waals surface area contributed by atoms with Gasteiger partial charge in [-0.3, -0.25) is 4.79 Å². The van der Waals surface area contributed by atoms with Crippen LogP contribution in [0.4, 0.5) is 0 Å². The zero-order valence-electron chi connectivity index (χ0n) is 13.8. The predicted octanol–water partition coefficient (Wildman–Crippen LogP) is 2.77. The molecule has 1 heterocycles. The number of hydrogen-bond acceptors (Lipinski definition) is 2. The van der Waals surface area contributed by atoms with Gasteiger partial charge in [-0.05, 0) is 48.1 Å². The summed E-state index contributed by atoms with van der Waals surface area (Å²) in [5.41, 5.74) is 9.12. The van der Waals surface area contributed by atoms with E-state index in [1.54, 1.807) is 0 Å². The van der Waals surface area contributed by atoms with E-state index in [1.165, 1.54) is 11.1 Å². The molecule has 2 N–H and O–H groups in total. The first-order valence-corrected chi connectivity index (χ1v) is 8.56. The zero-order chi connectivity index (χ0) is 15.7. The molecule has 120 valence electrons. The molecule has 0 bridgehead atoms. The highest BCUT2D eigenvalue weighted by Gasteiger charge is 2.35. The highest BCUT2D eigenvalue weighted by atomic mass is 16.2. The Balaban J connectivity index is 1.59. The Morgan fingerprint density at radius 3 is 2.73 bits per heavy atom. The van der Waals surface area contributed by atoms with Gasteiger partial charge < -0.3 is 10.6 Å². The third kappa shape index (κ3) is 3.19. The Kier molecular flexibility index (Phi) is 4.26. The van der Waals surface area contributed by atoms with Crippen molar-refractivity contribution in [1.29, 1.82) is 0 Å². The van der Waals surface area contributed by atoms with Crippen molar-refractivity contribution in [3.05, 3.63) is 35.4 Å². The molecule has 2 aliphatic rings. The van der Waals surface area contributed by atoms with E-state index in [2.05, 4.69) is 38.1 Å². The predicted molar refractivity (Wildman–Crippen MR) is 89.5 cm³/mol. The number of nitrogens with two attached hydrogens (primary N) is 1. The lowest BCUT2D eigenvalue weighted by molar-refractivity contribution is -0.135. The number of carbonyl (C=O) groups is 1. The second-order valence-corrected chi connectivity index (χ2v) is 7.78. The summed E-state index contributed by atoms with van der Waals surface area (Å²) in [7, 11) is 0. The highest BCUT2D eigenvalue weighted by Crippen LogP contribution is 2.31. The molecule has 0 spiro atoms. The molecule has 3 rings (SSSR count). The van der Waals surface area contributed by atoms with Crippen molar-refractivity contribution in [3.8, 4) is 0 Å². The number of benzene rings is 1. The number of aryl methyl sites for hydroxylation is 1. The zero-order valence-corrected chi connectivity index (χ0v) is 13.8. The third-order valence-electron chi connectivity index (χ3n) is 5.58. The van der Waals surface area contributed by atoms with Crippen molar-refractivity contribution in [1.82, 2.24) is 4.90 Å². The van der Waals surface area contributed by atoms with Gasteiger partial charge in [0.25, 0.3) is 0 Å². The van der Waals surface area contributed by atoms with Gasteiger partial charge in [0.2, 0.25) is 5.91 Å². The van der Waals surface area contributed by atoms with E-state index in [-0.39, 0.29) is 11.5 Å². The van der Waals surface area contributed by atoms with Gasteiger partial charge in [0.15, 0.2) is 0 Å². The van der Waals surface area contributed by atoms with Gasteiger partial charge in [-0.2, -0.15) is 0 Å². The molecule has 0 saturated carbocycles. The molecule has 0 aromatic heterocycles. The van der Waals surface area contributed by atoms with E-state index in [0.717, 1.165) is 38.8 Å². The Labute approximate surface area is 133 Å². The van der Waals surface area contributed by atoms with Crippen LogP contribution in [0.2, 0.25) is 0 Å². The fourth-order valence-corrected chi connectivity index (χ4v) is 3.91. The van der Waals surface area contributed by atoms with Crippen LogP contribution < -0.4 is 5.73 Å². The maximum absolute atomic E-state index is 12.7. The van der Waals surface area contributed by atoms with Crippen LogP contribution in [-0.4, -0.2) is 29.9 Å². The lowest BCUT2D eigenvalue weighted by Crippen LogP contribution is -2.54. The average molecular weight is 300 g/mol.